The van der Waals surface area contributed by atoms with Crippen molar-refractivity contribution in [3.63, 3.8) is 0 Å². The molecule has 0 bridgehead atoms. The van der Waals surface area contributed by atoms with Crippen LogP contribution in [0.5, 0.6) is 0 Å². The van der Waals surface area contributed by atoms with E-state index in [1.54, 1.807) is 0 Å². The molecule has 0 heterocycles. The molecule has 5 fully saturated rings. The Kier molecular flexibility index (Phi) is 5.49. The highest BCUT2D eigenvalue weighted by atomic mass is 16.5. The number of hydrogen-bond donors (Lipinski definition) is 0. The first-order chi connectivity index (χ1) is 14.6. The Morgan fingerprint density at radius 3 is 2.35 bits per heavy atom. The molecule has 0 aromatic carbocycles. The zero-order chi connectivity index (χ0) is 22.2. The van der Waals surface area contributed by atoms with Crippen LogP contribution in [-0.2, 0) is 4.74 Å². The number of ether oxygens (including phenoxy) is 1. The van der Waals surface area contributed by atoms with Crippen LogP contribution >= 0.6 is 0 Å². The highest BCUT2D eigenvalue weighted by Gasteiger charge is 2.82. The standard InChI is InChI=1S/C30H52O/c1-8-31-26-18-22-24-13-12-23(21(4)11-9-10-20(2)3)28(24,6)15-14-25(22)29(7)17-16-27(5)19-30(26,27)29/h20-26H,8-19H2,1-7H3. The molecule has 10 atom stereocenters. The summed E-state index contributed by atoms with van der Waals surface area (Å²) in [5.41, 5.74) is 2.26. The predicted octanol–water partition coefficient (Wildman–Crippen LogP) is 8.51. The Labute approximate surface area is 193 Å². The van der Waals surface area contributed by atoms with Crippen molar-refractivity contribution < 1.29 is 4.74 Å². The topological polar surface area (TPSA) is 9.23 Å². The zero-order valence-corrected chi connectivity index (χ0v) is 21.9. The summed E-state index contributed by atoms with van der Waals surface area (Å²) in [6.07, 6.45) is 16.7. The van der Waals surface area contributed by atoms with Crippen molar-refractivity contribution in [2.75, 3.05) is 6.61 Å². The molecule has 1 heteroatoms. The number of rotatable bonds is 7. The van der Waals surface area contributed by atoms with E-state index in [0.29, 0.717) is 27.8 Å². The minimum Gasteiger partial charge on any atom is -0.378 e. The second kappa shape index (κ2) is 7.48. The van der Waals surface area contributed by atoms with Gasteiger partial charge < -0.3 is 4.74 Å². The molecule has 0 aromatic heterocycles. The molecule has 0 aromatic rings. The van der Waals surface area contributed by atoms with Gasteiger partial charge in [0.05, 0.1) is 6.10 Å². The molecule has 5 aliphatic rings. The summed E-state index contributed by atoms with van der Waals surface area (Å²) in [7, 11) is 0. The molecule has 0 aliphatic heterocycles. The highest BCUT2D eigenvalue weighted by molar-refractivity contribution is 5.31. The van der Waals surface area contributed by atoms with E-state index in [0.717, 1.165) is 42.1 Å². The fraction of sp³-hybridized carbons (Fsp3) is 1.00. The molecule has 0 saturated heterocycles. The normalized spacial score (nSPS) is 53.6. The highest BCUT2D eigenvalue weighted by Crippen LogP contribution is 2.87. The summed E-state index contributed by atoms with van der Waals surface area (Å²) < 4.78 is 6.65. The fourth-order valence-corrected chi connectivity index (χ4v) is 11.2. The summed E-state index contributed by atoms with van der Waals surface area (Å²) in [6, 6.07) is 0. The largest absolute Gasteiger partial charge is 0.378 e. The number of hydrogen-bond acceptors (Lipinski definition) is 1. The van der Waals surface area contributed by atoms with Gasteiger partial charge in [-0.25, -0.2) is 0 Å². The molecule has 1 spiro atoms. The second-order valence-corrected chi connectivity index (χ2v) is 14.2. The third-order valence-corrected chi connectivity index (χ3v) is 12.7. The van der Waals surface area contributed by atoms with Crippen LogP contribution in [0.25, 0.3) is 0 Å². The monoisotopic (exact) mass is 428 g/mol. The van der Waals surface area contributed by atoms with E-state index in [1.807, 2.05) is 0 Å². The van der Waals surface area contributed by atoms with Gasteiger partial charge in [-0.15, -0.1) is 0 Å². The van der Waals surface area contributed by atoms with E-state index in [4.69, 9.17) is 4.74 Å². The van der Waals surface area contributed by atoms with Crippen molar-refractivity contribution in [3.8, 4) is 0 Å². The Balaban J connectivity index is 1.37. The van der Waals surface area contributed by atoms with Gasteiger partial charge in [-0.05, 0) is 110 Å². The molecular weight excluding hydrogens is 376 g/mol. The van der Waals surface area contributed by atoms with Crippen molar-refractivity contribution in [3.05, 3.63) is 0 Å². The van der Waals surface area contributed by atoms with Crippen LogP contribution in [0.4, 0.5) is 0 Å². The van der Waals surface area contributed by atoms with E-state index in [2.05, 4.69) is 48.5 Å². The maximum Gasteiger partial charge on any atom is 0.0644 e. The van der Waals surface area contributed by atoms with Gasteiger partial charge in [0.2, 0.25) is 0 Å². The van der Waals surface area contributed by atoms with Gasteiger partial charge in [0.15, 0.2) is 0 Å². The van der Waals surface area contributed by atoms with Gasteiger partial charge in [0.25, 0.3) is 0 Å². The summed E-state index contributed by atoms with van der Waals surface area (Å²) in [4.78, 5) is 0. The molecule has 178 valence electrons. The molecule has 1 nitrogen and oxygen atoms in total. The molecule has 5 rings (SSSR count). The zero-order valence-electron chi connectivity index (χ0n) is 21.9. The van der Waals surface area contributed by atoms with Crippen LogP contribution in [0.1, 0.15) is 119 Å². The van der Waals surface area contributed by atoms with Crippen LogP contribution in [0, 0.1) is 57.2 Å². The van der Waals surface area contributed by atoms with Crippen LogP contribution in [0.3, 0.4) is 0 Å². The first-order valence-electron chi connectivity index (χ1n) is 14.2. The molecule has 31 heavy (non-hydrogen) atoms. The molecule has 0 N–H and O–H groups in total. The number of fused-ring (bicyclic) bond motifs is 4. The van der Waals surface area contributed by atoms with Crippen molar-refractivity contribution >= 4 is 0 Å². The lowest BCUT2D eigenvalue weighted by molar-refractivity contribution is -0.171. The van der Waals surface area contributed by atoms with E-state index in [-0.39, 0.29) is 0 Å². The molecule has 0 amide bonds. The summed E-state index contributed by atoms with van der Waals surface area (Å²) in [6.45, 7) is 18.6. The fourth-order valence-electron chi connectivity index (χ4n) is 11.2. The van der Waals surface area contributed by atoms with E-state index < -0.39 is 0 Å². The van der Waals surface area contributed by atoms with Gasteiger partial charge in [0.1, 0.15) is 0 Å². The third kappa shape index (κ3) is 2.96. The lowest BCUT2D eigenvalue weighted by Gasteiger charge is -2.61. The Hall–Kier alpha value is -0.0400. The van der Waals surface area contributed by atoms with Gasteiger partial charge in [-0.1, -0.05) is 60.8 Å². The lowest BCUT2D eigenvalue weighted by atomic mass is 9.45. The molecule has 10 unspecified atom stereocenters. The molecular formula is C30H52O. The van der Waals surface area contributed by atoms with Crippen molar-refractivity contribution in [2.45, 2.75) is 125 Å². The average molecular weight is 429 g/mol. The summed E-state index contributed by atoms with van der Waals surface area (Å²) >= 11 is 0. The molecule has 5 saturated carbocycles. The van der Waals surface area contributed by atoms with Gasteiger partial charge in [-0.2, -0.15) is 0 Å². The van der Waals surface area contributed by atoms with Crippen LogP contribution in [0.15, 0.2) is 0 Å². The van der Waals surface area contributed by atoms with Gasteiger partial charge in [-0.3, -0.25) is 0 Å². The molecule has 5 aliphatic carbocycles. The Morgan fingerprint density at radius 2 is 1.68 bits per heavy atom. The van der Waals surface area contributed by atoms with Crippen molar-refractivity contribution in [2.24, 2.45) is 57.2 Å². The van der Waals surface area contributed by atoms with Gasteiger partial charge in [0, 0.05) is 12.0 Å². The van der Waals surface area contributed by atoms with Crippen LogP contribution in [0.2, 0.25) is 0 Å². The minimum absolute atomic E-state index is 0.521. The first-order valence-corrected chi connectivity index (χ1v) is 14.2. The lowest BCUT2D eigenvalue weighted by Crippen LogP contribution is -2.57. The van der Waals surface area contributed by atoms with E-state index in [1.165, 1.54) is 70.6 Å². The SMILES string of the molecule is CCOC1CC2C3CCC(C(C)CCCC(C)C)C3(C)CCC2C2(C)CCC3(C)CC132. The Bertz CT molecular complexity index is 684. The smallest absolute Gasteiger partial charge is 0.0644 e. The van der Waals surface area contributed by atoms with Crippen LogP contribution < -0.4 is 0 Å². The maximum absolute atomic E-state index is 6.65. The third-order valence-electron chi connectivity index (χ3n) is 12.7. The van der Waals surface area contributed by atoms with Gasteiger partial charge >= 0.3 is 0 Å². The summed E-state index contributed by atoms with van der Waals surface area (Å²) in [5.74, 6) is 5.61. The second-order valence-electron chi connectivity index (χ2n) is 14.2. The van der Waals surface area contributed by atoms with Crippen molar-refractivity contribution in [1.82, 2.24) is 0 Å². The predicted molar refractivity (Wildman–Crippen MR) is 131 cm³/mol. The molecule has 0 radical (unpaired) electrons. The maximum atomic E-state index is 6.65. The van der Waals surface area contributed by atoms with Crippen molar-refractivity contribution in [1.29, 1.82) is 0 Å². The minimum atomic E-state index is 0.521. The van der Waals surface area contributed by atoms with Crippen LogP contribution in [-0.4, -0.2) is 12.7 Å². The Morgan fingerprint density at radius 1 is 0.903 bits per heavy atom. The van der Waals surface area contributed by atoms with E-state index in [9.17, 15) is 0 Å². The summed E-state index contributed by atoms with van der Waals surface area (Å²) in [5, 5.41) is 0. The van der Waals surface area contributed by atoms with E-state index >= 15 is 0 Å². The average Bonchev–Trinajstić information content (AvgIpc) is 3.06. The quantitative estimate of drug-likeness (QED) is 0.395. The first kappa shape index (κ1) is 22.7.